The van der Waals surface area contributed by atoms with E-state index in [4.69, 9.17) is 14.2 Å². The summed E-state index contributed by atoms with van der Waals surface area (Å²) in [7, 11) is 0. The van der Waals surface area contributed by atoms with Crippen molar-refractivity contribution in [1.82, 2.24) is 9.55 Å². The number of nitrogens with zero attached hydrogens (tertiary/aromatic N) is 2. The zero-order valence-corrected chi connectivity index (χ0v) is 16.9. The zero-order valence-electron chi connectivity index (χ0n) is 16.9. The van der Waals surface area contributed by atoms with Gasteiger partial charge in [-0.25, -0.2) is 14.0 Å². The Morgan fingerprint density at radius 2 is 2.19 bits per heavy atom. The van der Waals surface area contributed by atoms with Crippen molar-refractivity contribution >= 4 is 11.8 Å². The van der Waals surface area contributed by atoms with E-state index < -0.39 is 58.9 Å². The normalized spacial score (nSPS) is 20.2. The molecule has 2 N–H and O–H groups in total. The molecule has 1 saturated heterocycles. The molecule has 0 spiro atoms. The maximum absolute atomic E-state index is 13.9. The average Bonchev–Trinajstić information content (AvgIpc) is 3.14. The van der Waals surface area contributed by atoms with Crippen molar-refractivity contribution in [2.75, 3.05) is 13.2 Å². The van der Waals surface area contributed by atoms with Crippen molar-refractivity contribution in [3.05, 3.63) is 72.3 Å². The van der Waals surface area contributed by atoms with Crippen molar-refractivity contribution in [1.29, 1.82) is 0 Å². The third-order valence-electron chi connectivity index (χ3n) is 4.93. The fourth-order valence-corrected chi connectivity index (χ4v) is 3.32. The second kappa shape index (κ2) is 9.70. The van der Waals surface area contributed by atoms with Gasteiger partial charge in [0.1, 0.15) is 24.3 Å². The molecule has 32 heavy (non-hydrogen) atoms. The summed E-state index contributed by atoms with van der Waals surface area (Å²) in [5.41, 5.74) is -1.65. The highest BCUT2D eigenvalue weighted by atomic mass is 19.1. The molecule has 1 aliphatic heterocycles. The first kappa shape index (κ1) is 23.1. The minimum atomic E-state index is -1.15. The van der Waals surface area contributed by atoms with Gasteiger partial charge < -0.3 is 19.3 Å². The summed E-state index contributed by atoms with van der Waals surface area (Å²) in [6.07, 6.45) is -2.96. The molecule has 1 fully saturated rings. The molecule has 0 unspecified atom stereocenters. The minimum Gasteiger partial charge on any atom is -0.434 e. The minimum absolute atomic E-state index is 0.00942. The largest absolute Gasteiger partial charge is 0.508 e. The molecule has 0 amide bonds. The van der Waals surface area contributed by atoms with Crippen LogP contribution in [0.5, 0.6) is 0 Å². The van der Waals surface area contributed by atoms with Crippen molar-refractivity contribution in [2.24, 2.45) is 0 Å². The van der Waals surface area contributed by atoms with Crippen molar-refractivity contribution in [3.63, 3.8) is 0 Å². The monoisotopic (exact) mass is 453 g/mol. The Bertz CT molecular complexity index is 1130. The predicted octanol–water partition coefficient (Wildman–Crippen LogP) is 0.937. The van der Waals surface area contributed by atoms with Crippen LogP contribution in [-0.4, -0.2) is 51.2 Å². The van der Waals surface area contributed by atoms with Crippen LogP contribution in [0.15, 0.2) is 34.0 Å². The summed E-state index contributed by atoms with van der Waals surface area (Å²) in [6, 6.07) is 3.40. The van der Waals surface area contributed by atoms with Gasteiger partial charge in [0.05, 0.1) is 23.7 Å². The maximum atomic E-state index is 13.9. The molecule has 1 aliphatic rings. The quantitative estimate of drug-likeness (QED) is 0.353. The number of rotatable bonds is 7. The fourth-order valence-electron chi connectivity index (χ4n) is 3.32. The highest BCUT2D eigenvalue weighted by molar-refractivity contribution is 5.60. The topological polar surface area (TPSA) is 163 Å². The highest BCUT2D eigenvalue weighted by Gasteiger charge is 2.39. The van der Waals surface area contributed by atoms with Crippen LogP contribution in [0.2, 0.25) is 0 Å². The van der Waals surface area contributed by atoms with Crippen LogP contribution in [0.3, 0.4) is 0 Å². The molecule has 2 heterocycles. The summed E-state index contributed by atoms with van der Waals surface area (Å²) >= 11 is 0. The number of aliphatic hydroxyl groups excluding tert-OH is 1. The van der Waals surface area contributed by atoms with Crippen LogP contribution in [0.25, 0.3) is 0 Å². The van der Waals surface area contributed by atoms with E-state index in [9.17, 15) is 34.0 Å². The van der Waals surface area contributed by atoms with Gasteiger partial charge in [-0.05, 0) is 13.0 Å². The molecule has 1 aromatic carbocycles. The summed E-state index contributed by atoms with van der Waals surface area (Å²) in [5, 5.41) is 20.5. The van der Waals surface area contributed by atoms with E-state index in [0.717, 1.165) is 16.7 Å². The van der Waals surface area contributed by atoms with Gasteiger partial charge in [-0.2, -0.15) is 0 Å². The number of nitrogens with one attached hydrogen (secondary N) is 1. The Morgan fingerprint density at radius 3 is 2.88 bits per heavy atom. The number of carbonyl (C=O) groups excluding carboxylic acids is 1. The van der Waals surface area contributed by atoms with E-state index in [1.54, 1.807) is 0 Å². The maximum Gasteiger partial charge on any atom is 0.508 e. The fraction of sp³-hybridized carbons (Fsp3) is 0.421. The number of nitro benzene ring substituents is 1. The molecule has 0 aliphatic carbocycles. The van der Waals surface area contributed by atoms with Gasteiger partial charge in [0.2, 0.25) is 0 Å². The zero-order chi connectivity index (χ0) is 23.4. The van der Waals surface area contributed by atoms with Gasteiger partial charge in [0.25, 0.3) is 11.2 Å². The second-order valence-corrected chi connectivity index (χ2v) is 7.03. The molecule has 13 heteroatoms. The number of halogens is 1. The number of aliphatic hydroxyl groups is 1. The van der Waals surface area contributed by atoms with Crippen LogP contribution < -0.4 is 11.2 Å². The second-order valence-electron chi connectivity index (χ2n) is 7.03. The Morgan fingerprint density at radius 1 is 1.44 bits per heavy atom. The lowest BCUT2D eigenvalue weighted by molar-refractivity contribution is -0.385. The summed E-state index contributed by atoms with van der Waals surface area (Å²) < 4.78 is 30.6. The van der Waals surface area contributed by atoms with E-state index in [2.05, 4.69) is 4.98 Å². The molecule has 3 rings (SSSR count). The Balaban J connectivity index is 1.61. The standard InChI is InChI=1S/C19H20FN3O9/c1-10-8-22(18(26)21-17(10)25)16-7-14(15(9-24)31-16)32-19(27)30-6-5-11-12(20)3-2-4-13(11)23(28)29/h2-4,8,14-16,24H,5-7,9H2,1H3,(H,21,25,26)/t14-,15+,16+/m0/s1. The number of H-pyrrole nitrogens is 1. The van der Waals surface area contributed by atoms with Crippen molar-refractivity contribution in [2.45, 2.75) is 38.2 Å². The number of nitro groups is 1. The molecule has 2 aromatic rings. The molecular formula is C19H20FN3O9. The van der Waals surface area contributed by atoms with E-state index in [0.29, 0.717) is 0 Å². The third kappa shape index (κ3) is 5.00. The molecule has 0 saturated carbocycles. The number of aryl methyl sites for hydroxylation is 1. The average molecular weight is 453 g/mol. The molecule has 3 atom stereocenters. The SMILES string of the molecule is Cc1cn([C@H]2C[C@H](OC(=O)OCCc3c(F)cccc3[N+](=O)[O-])[C@@H](CO)O2)c(=O)[nH]c1=O. The van der Waals surface area contributed by atoms with E-state index in [-0.39, 0.29) is 30.6 Å². The number of aromatic nitrogens is 2. The number of aromatic amines is 1. The lowest BCUT2D eigenvalue weighted by Gasteiger charge is -2.16. The number of ether oxygens (including phenoxy) is 3. The van der Waals surface area contributed by atoms with Gasteiger partial charge in [0.15, 0.2) is 0 Å². The van der Waals surface area contributed by atoms with Gasteiger partial charge in [-0.15, -0.1) is 0 Å². The highest BCUT2D eigenvalue weighted by Crippen LogP contribution is 2.30. The molecular weight excluding hydrogens is 433 g/mol. The van der Waals surface area contributed by atoms with Gasteiger partial charge >= 0.3 is 11.8 Å². The third-order valence-corrected chi connectivity index (χ3v) is 4.93. The predicted molar refractivity (Wildman–Crippen MR) is 105 cm³/mol. The van der Waals surface area contributed by atoms with Gasteiger partial charge in [-0.1, -0.05) is 6.07 Å². The van der Waals surface area contributed by atoms with Crippen molar-refractivity contribution in [3.8, 4) is 0 Å². The summed E-state index contributed by atoms with van der Waals surface area (Å²) in [4.78, 5) is 48.0. The lowest BCUT2D eigenvalue weighted by Crippen LogP contribution is -2.33. The Labute approximate surface area is 179 Å². The first-order valence-corrected chi connectivity index (χ1v) is 9.54. The number of carbonyl (C=O) groups is 1. The summed E-state index contributed by atoms with van der Waals surface area (Å²) in [6.45, 7) is 0.589. The van der Waals surface area contributed by atoms with Crippen LogP contribution in [0, 0.1) is 22.9 Å². The molecule has 12 nitrogen and oxygen atoms in total. The first-order valence-electron chi connectivity index (χ1n) is 9.54. The molecule has 1 aromatic heterocycles. The summed E-state index contributed by atoms with van der Waals surface area (Å²) in [5.74, 6) is -0.801. The molecule has 172 valence electrons. The Hall–Kier alpha value is -3.58. The van der Waals surface area contributed by atoms with Crippen LogP contribution in [0.1, 0.15) is 23.8 Å². The lowest BCUT2D eigenvalue weighted by atomic mass is 10.1. The number of benzene rings is 1. The first-order chi connectivity index (χ1) is 15.2. The number of hydrogen-bond acceptors (Lipinski definition) is 9. The van der Waals surface area contributed by atoms with E-state index in [1.807, 2.05) is 0 Å². The molecule has 0 bridgehead atoms. The van der Waals surface area contributed by atoms with Crippen LogP contribution in [0.4, 0.5) is 14.9 Å². The van der Waals surface area contributed by atoms with E-state index >= 15 is 0 Å². The van der Waals surface area contributed by atoms with Crippen molar-refractivity contribution < 1.29 is 33.4 Å². The van der Waals surface area contributed by atoms with Crippen LogP contribution >= 0.6 is 0 Å². The van der Waals surface area contributed by atoms with E-state index in [1.165, 1.54) is 19.2 Å². The van der Waals surface area contributed by atoms with Gasteiger partial charge in [0, 0.05) is 30.7 Å². The molecule has 0 radical (unpaired) electrons. The Kier molecular flexibility index (Phi) is 7.00. The number of hydrogen-bond donors (Lipinski definition) is 2. The smallest absolute Gasteiger partial charge is 0.434 e. The van der Waals surface area contributed by atoms with Gasteiger partial charge in [-0.3, -0.25) is 24.5 Å². The van der Waals surface area contributed by atoms with Crippen LogP contribution in [-0.2, 0) is 20.6 Å².